The number of hydrogen-bond donors (Lipinski definition) is 0. The van der Waals surface area contributed by atoms with Crippen LogP contribution in [0.15, 0.2) is 47.6 Å². The van der Waals surface area contributed by atoms with Crippen LogP contribution in [0.1, 0.15) is 43.0 Å². The standard InChI is InChI=1S/C30H40N4O5/c1-21(2)30(36)33(13-12-32-14-16-39-17-15-32)20-29(35)34-27(23-8-6-22(3)7-9-23)19-26(31-34)25-11-10-24(37-4)18-28(25)38-5/h6-11,18,21,27H,12-17,19-20H2,1-5H3/t27-/m0/s1. The lowest BCUT2D eigenvalue weighted by atomic mass is 9.97. The van der Waals surface area contributed by atoms with Gasteiger partial charge in [-0.05, 0) is 24.6 Å². The monoisotopic (exact) mass is 536 g/mol. The van der Waals surface area contributed by atoms with Gasteiger partial charge < -0.3 is 19.1 Å². The van der Waals surface area contributed by atoms with E-state index in [9.17, 15) is 9.59 Å². The molecule has 0 unspecified atom stereocenters. The Labute approximate surface area is 231 Å². The largest absolute Gasteiger partial charge is 0.497 e. The molecule has 2 heterocycles. The van der Waals surface area contributed by atoms with Gasteiger partial charge in [0, 0.05) is 50.1 Å². The van der Waals surface area contributed by atoms with Gasteiger partial charge in [0.05, 0.1) is 39.2 Å². The molecule has 2 aromatic rings. The number of benzene rings is 2. The average Bonchev–Trinajstić information content (AvgIpc) is 3.40. The highest BCUT2D eigenvalue weighted by molar-refractivity contribution is 6.05. The van der Waals surface area contributed by atoms with E-state index in [1.807, 2.05) is 63.2 Å². The first-order valence-corrected chi connectivity index (χ1v) is 13.6. The van der Waals surface area contributed by atoms with Crippen molar-refractivity contribution in [2.45, 2.75) is 33.2 Å². The van der Waals surface area contributed by atoms with Gasteiger partial charge >= 0.3 is 0 Å². The van der Waals surface area contributed by atoms with Crippen LogP contribution in [0.5, 0.6) is 11.5 Å². The van der Waals surface area contributed by atoms with E-state index < -0.39 is 0 Å². The normalized spacial score (nSPS) is 17.7. The van der Waals surface area contributed by atoms with Crippen molar-refractivity contribution in [1.29, 1.82) is 0 Å². The van der Waals surface area contributed by atoms with Gasteiger partial charge in [0.15, 0.2) is 0 Å². The van der Waals surface area contributed by atoms with E-state index in [-0.39, 0.29) is 30.3 Å². The van der Waals surface area contributed by atoms with Crippen molar-refractivity contribution in [1.82, 2.24) is 14.8 Å². The zero-order valence-corrected chi connectivity index (χ0v) is 23.7. The van der Waals surface area contributed by atoms with Gasteiger partial charge in [-0.15, -0.1) is 0 Å². The molecule has 0 saturated carbocycles. The van der Waals surface area contributed by atoms with Crippen molar-refractivity contribution in [3.05, 3.63) is 59.2 Å². The van der Waals surface area contributed by atoms with Crippen LogP contribution < -0.4 is 9.47 Å². The molecule has 9 heteroatoms. The van der Waals surface area contributed by atoms with Gasteiger partial charge in [-0.25, -0.2) is 5.01 Å². The Kier molecular flexibility index (Phi) is 9.59. The maximum Gasteiger partial charge on any atom is 0.262 e. The lowest BCUT2D eigenvalue weighted by Crippen LogP contribution is -2.47. The first-order valence-electron chi connectivity index (χ1n) is 13.6. The van der Waals surface area contributed by atoms with E-state index in [1.54, 1.807) is 24.1 Å². The summed E-state index contributed by atoms with van der Waals surface area (Å²) in [7, 11) is 3.22. The summed E-state index contributed by atoms with van der Waals surface area (Å²) >= 11 is 0. The van der Waals surface area contributed by atoms with Crippen LogP contribution in [0.25, 0.3) is 0 Å². The zero-order chi connectivity index (χ0) is 27.9. The average molecular weight is 537 g/mol. The van der Waals surface area contributed by atoms with Gasteiger partial charge in [0.2, 0.25) is 5.91 Å². The number of rotatable bonds is 10. The van der Waals surface area contributed by atoms with E-state index in [2.05, 4.69) is 4.90 Å². The molecule has 0 bridgehead atoms. The molecule has 2 aromatic carbocycles. The third kappa shape index (κ3) is 6.96. The third-order valence-corrected chi connectivity index (χ3v) is 7.27. The van der Waals surface area contributed by atoms with Gasteiger partial charge in [0.25, 0.3) is 5.91 Å². The minimum absolute atomic E-state index is 0.0275. The van der Waals surface area contributed by atoms with Crippen LogP contribution in [0.3, 0.4) is 0 Å². The Hall–Kier alpha value is -3.43. The number of nitrogens with zero attached hydrogens (tertiary/aromatic N) is 4. The van der Waals surface area contributed by atoms with Crippen molar-refractivity contribution < 1.29 is 23.8 Å². The maximum absolute atomic E-state index is 13.9. The van der Waals surface area contributed by atoms with E-state index in [4.69, 9.17) is 19.3 Å². The van der Waals surface area contributed by atoms with Crippen LogP contribution in [0.4, 0.5) is 0 Å². The molecule has 0 spiro atoms. The molecule has 0 aliphatic carbocycles. The number of amides is 2. The van der Waals surface area contributed by atoms with Crippen LogP contribution in [-0.4, -0.2) is 92.5 Å². The van der Waals surface area contributed by atoms with Gasteiger partial charge in [-0.2, -0.15) is 5.10 Å². The molecular formula is C30H40N4O5. The van der Waals surface area contributed by atoms with Crippen molar-refractivity contribution in [2.24, 2.45) is 11.0 Å². The summed E-state index contributed by atoms with van der Waals surface area (Å²) in [5, 5.41) is 6.38. The summed E-state index contributed by atoms with van der Waals surface area (Å²) in [6, 6.07) is 13.5. The maximum atomic E-state index is 13.9. The molecule has 0 aromatic heterocycles. The highest BCUT2D eigenvalue weighted by Crippen LogP contribution is 2.36. The molecule has 0 radical (unpaired) electrons. The number of carbonyl (C=O) groups is 2. The molecule has 2 amide bonds. The van der Waals surface area contributed by atoms with E-state index in [0.717, 1.165) is 35.5 Å². The number of hydrazone groups is 1. The van der Waals surface area contributed by atoms with E-state index in [0.29, 0.717) is 44.2 Å². The molecule has 2 aliphatic rings. The number of hydrogen-bond acceptors (Lipinski definition) is 7. The minimum atomic E-state index is -0.282. The molecule has 210 valence electrons. The Morgan fingerprint density at radius 3 is 2.44 bits per heavy atom. The fourth-order valence-corrected chi connectivity index (χ4v) is 4.94. The van der Waals surface area contributed by atoms with E-state index in [1.165, 1.54) is 0 Å². The van der Waals surface area contributed by atoms with Gasteiger partial charge in [0.1, 0.15) is 18.0 Å². The van der Waals surface area contributed by atoms with Crippen molar-refractivity contribution in [2.75, 3.05) is 60.2 Å². The highest BCUT2D eigenvalue weighted by Gasteiger charge is 2.35. The molecule has 2 aliphatic heterocycles. The summed E-state index contributed by atoms with van der Waals surface area (Å²) in [6.45, 7) is 9.97. The molecule has 9 nitrogen and oxygen atoms in total. The lowest BCUT2D eigenvalue weighted by molar-refractivity contribution is -0.143. The van der Waals surface area contributed by atoms with Crippen LogP contribution in [0.2, 0.25) is 0 Å². The first kappa shape index (κ1) is 28.6. The lowest BCUT2D eigenvalue weighted by Gasteiger charge is -2.31. The number of methoxy groups -OCH3 is 2. The minimum Gasteiger partial charge on any atom is -0.497 e. The second-order valence-electron chi connectivity index (χ2n) is 10.4. The number of aryl methyl sites for hydroxylation is 1. The molecule has 1 atom stereocenters. The second kappa shape index (κ2) is 13.1. The highest BCUT2D eigenvalue weighted by atomic mass is 16.5. The summed E-state index contributed by atoms with van der Waals surface area (Å²) in [6.07, 6.45) is 0.531. The van der Waals surface area contributed by atoms with Gasteiger partial charge in [-0.3, -0.25) is 14.5 Å². The first-order chi connectivity index (χ1) is 18.8. The summed E-state index contributed by atoms with van der Waals surface area (Å²) < 4.78 is 16.4. The number of ether oxygens (including phenoxy) is 3. The topological polar surface area (TPSA) is 83.9 Å². The SMILES string of the molecule is COc1ccc(C2=NN(C(=O)CN(CCN3CCOCC3)C(=O)C(C)C)[C@H](c3ccc(C)cc3)C2)c(OC)c1. The summed E-state index contributed by atoms with van der Waals surface area (Å²) in [5.74, 6) is 0.854. The molecule has 1 fully saturated rings. The van der Waals surface area contributed by atoms with Crippen LogP contribution in [-0.2, 0) is 14.3 Å². The van der Waals surface area contributed by atoms with E-state index >= 15 is 0 Å². The molecule has 39 heavy (non-hydrogen) atoms. The molecule has 1 saturated heterocycles. The Morgan fingerprint density at radius 1 is 1.08 bits per heavy atom. The molecule has 4 rings (SSSR count). The Balaban J connectivity index is 1.61. The molecular weight excluding hydrogens is 496 g/mol. The van der Waals surface area contributed by atoms with Crippen molar-refractivity contribution in [3.63, 3.8) is 0 Å². The Bertz CT molecular complexity index is 1170. The third-order valence-electron chi connectivity index (χ3n) is 7.27. The van der Waals surface area contributed by atoms with Crippen LogP contribution >= 0.6 is 0 Å². The van der Waals surface area contributed by atoms with Gasteiger partial charge in [-0.1, -0.05) is 43.7 Å². The second-order valence-corrected chi connectivity index (χ2v) is 10.4. The smallest absolute Gasteiger partial charge is 0.262 e. The number of carbonyl (C=O) groups excluding carboxylic acids is 2. The predicted octanol–water partition coefficient (Wildman–Crippen LogP) is 3.51. The number of morpholine rings is 1. The zero-order valence-electron chi connectivity index (χ0n) is 23.7. The molecule has 0 N–H and O–H groups in total. The quantitative estimate of drug-likeness (QED) is 0.462. The van der Waals surface area contributed by atoms with Crippen molar-refractivity contribution >= 4 is 17.5 Å². The predicted molar refractivity (Wildman–Crippen MR) is 150 cm³/mol. The Morgan fingerprint density at radius 2 is 1.79 bits per heavy atom. The van der Waals surface area contributed by atoms with Crippen LogP contribution in [0, 0.1) is 12.8 Å². The summed E-state index contributed by atoms with van der Waals surface area (Å²) in [4.78, 5) is 30.9. The fraction of sp³-hybridized carbons (Fsp3) is 0.500. The summed E-state index contributed by atoms with van der Waals surface area (Å²) in [5.41, 5.74) is 3.70. The van der Waals surface area contributed by atoms with Crippen molar-refractivity contribution in [3.8, 4) is 11.5 Å². The fourth-order valence-electron chi connectivity index (χ4n) is 4.94.